The average molecular weight is 370 g/mol. The lowest BCUT2D eigenvalue weighted by atomic mass is 9.87. The summed E-state index contributed by atoms with van der Waals surface area (Å²) in [6, 6.07) is 24.4. The third kappa shape index (κ3) is 3.29. The molecule has 0 unspecified atom stereocenters. The Balaban J connectivity index is 1.81. The van der Waals surface area contributed by atoms with Crippen LogP contribution < -0.4 is 10.2 Å². The van der Waals surface area contributed by atoms with Crippen LogP contribution in [0.15, 0.2) is 72.8 Å². The second kappa shape index (κ2) is 6.83. The first kappa shape index (κ1) is 18.3. The van der Waals surface area contributed by atoms with E-state index in [0.717, 1.165) is 16.9 Å². The number of anilines is 2. The lowest BCUT2D eigenvalue weighted by molar-refractivity contribution is 0.0975. The zero-order valence-corrected chi connectivity index (χ0v) is 16.9. The van der Waals surface area contributed by atoms with Crippen LogP contribution in [-0.4, -0.2) is 5.91 Å². The smallest absolute Gasteiger partial charge is 0.262 e. The Morgan fingerprint density at radius 1 is 0.857 bits per heavy atom. The molecular formula is C25H26N2O. The minimum Gasteiger partial charge on any atom is -0.360 e. The highest BCUT2D eigenvalue weighted by Crippen LogP contribution is 2.37. The third-order valence-electron chi connectivity index (χ3n) is 5.33. The minimum atomic E-state index is -0.247. The number of amides is 1. The Morgan fingerprint density at radius 3 is 2.14 bits per heavy atom. The van der Waals surface area contributed by atoms with Gasteiger partial charge in [-0.2, -0.15) is 0 Å². The Labute approximate surface area is 167 Å². The molecule has 3 aromatic carbocycles. The molecule has 0 saturated carbocycles. The molecule has 28 heavy (non-hydrogen) atoms. The van der Waals surface area contributed by atoms with Crippen molar-refractivity contribution >= 4 is 17.3 Å². The molecule has 1 atom stereocenters. The van der Waals surface area contributed by atoms with Crippen LogP contribution in [0.25, 0.3) is 0 Å². The largest absolute Gasteiger partial charge is 0.360 e. The molecule has 142 valence electrons. The van der Waals surface area contributed by atoms with E-state index in [1.54, 1.807) is 0 Å². The Bertz CT molecular complexity index is 998. The molecule has 3 aromatic rings. The summed E-state index contributed by atoms with van der Waals surface area (Å²) < 4.78 is 0. The van der Waals surface area contributed by atoms with Gasteiger partial charge in [0.25, 0.3) is 5.91 Å². The van der Waals surface area contributed by atoms with Crippen molar-refractivity contribution in [1.29, 1.82) is 0 Å². The maximum atomic E-state index is 13.4. The van der Waals surface area contributed by atoms with Crippen molar-refractivity contribution in [2.45, 2.75) is 39.3 Å². The molecule has 1 aliphatic heterocycles. The zero-order chi connectivity index (χ0) is 19.9. The van der Waals surface area contributed by atoms with E-state index in [2.05, 4.69) is 81.5 Å². The molecule has 1 heterocycles. The fourth-order valence-corrected chi connectivity index (χ4v) is 3.62. The fourth-order valence-electron chi connectivity index (χ4n) is 3.62. The van der Waals surface area contributed by atoms with Crippen LogP contribution in [0, 0.1) is 6.92 Å². The van der Waals surface area contributed by atoms with Gasteiger partial charge >= 0.3 is 0 Å². The molecule has 3 heteroatoms. The van der Waals surface area contributed by atoms with Gasteiger partial charge in [0.05, 0.1) is 5.56 Å². The third-order valence-corrected chi connectivity index (χ3v) is 5.33. The van der Waals surface area contributed by atoms with Crippen LogP contribution in [0.2, 0.25) is 0 Å². The normalized spacial score (nSPS) is 16.5. The summed E-state index contributed by atoms with van der Waals surface area (Å²) in [5, 5.41) is 3.56. The van der Waals surface area contributed by atoms with Gasteiger partial charge in [0.1, 0.15) is 6.17 Å². The number of hydrogen-bond donors (Lipinski definition) is 1. The molecule has 3 nitrogen and oxygen atoms in total. The van der Waals surface area contributed by atoms with E-state index < -0.39 is 0 Å². The van der Waals surface area contributed by atoms with Crippen LogP contribution in [0.5, 0.6) is 0 Å². The Kier molecular flexibility index (Phi) is 4.46. The molecule has 0 fully saturated rings. The maximum Gasteiger partial charge on any atom is 0.262 e. The number of rotatable bonds is 2. The molecule has 0 bridgehead atoms. The minimum absolute atomic E-state index is 0.0171. The van der Waals surface area contributed by atoms with Gasteiger partial charge in [-0.1, -0.05) is 74.9 Å². The average Bonchev–Trinajstić information content (AvgIpc) is 2.68. The van der Waals surface area contributed by atoms with E-state index in [1.807, 2.05) is 29.2 Å². The highest BCUT2D eigenvalue weighted by atomic mass is 16.2. The van der Waals surface area contributed by atoms with Gasteiger partial charge in [-0.3, -0.25) is 9.69 Å². The van der Waals surface area contributed by atoms with Crippen molar-refractivity contribution in [3.8, 4) is 0 Å². The molecule has 0 saturated heterocycles. The second-order valence-corrected chi connectivity index (χ2v) is 8.48. The molecule has 1 aliphatic rings. The summed E-state index contributed by atoms with van der Waals surface area (Å²) >= 11 is 0. The van der Waals surface area contributed by atoms with Crippen LogP contribution >= 0.6 is 0 Å². The molecule has 1 amide bonds. The van der Waals surface area contributed by atoms with Crippen molar-refractivity contribution in [2.24, 2.45) is 0 Å². The summed E-state index contributed by atoms with van der Waals surface area (Å²) in [4.78, 5) is 15.3. The standard InChI is InChI=1S/C25H26N2O/c1-17-9-11-18(12-10-17)23-26-22-8-6-5-7-21(22)24(28)27(23)20-15-13-19(14-16-20)25(2,3)4/h5-16,23,26H,1-4H3/t23-/m0/s1. The summed E-state index contributed by atoms with van der Waals surface area (Å²) in [6.45, 7) is 8.66. The van der Waals surface area contributed by atoms with Crippen molar-refractivity contribution in [1.82, 2.24) is 0 Å². The number of benzene rings is 3. The summed E-state index contributed by atoms with van der Waals surface area (Å²) in [5.74, 6) is 0.0171. The van der Waals surface area contributed by atoms with Gasteiger partial charge in [0.15, 0.2) is 0 Å². The summed E-state index contributed by atoms with van der Waals surface area (Å²) in [5.41, 5.74) is 6.06. The highest BCUT2D eigenvalue weighted by molar-refractivity contribution is 6.12. The first-order chi connectivity index (χ1) is 13.3. The second-order valence-electron chi connectivity index (χ2n) is 8.48. The number of fused-ring (bicyclic) bond motifs is 1. The molecular weight excluding hydrogens is 344 g/mol. The van der Waals surface area contributed by atoms with E-state index in [-0.39, 0.29) is 17.5 Å². The molecule has 0 aliphatic carbocycles. The Morgan fingerprint density at radius 2 is 1.50 bits per heavy atom. The number of para-hydroxylation sites is 1. The quantitative estimate of drug-likeness (QED) is 0.594. The predicted octanol–water partition coefficient (Wildman–Crippen LogP) is 6.06. The monoisotopic (exact) mass is 370 g/mol. The van der Waals surface area contributed by atoms with Crippen LogP contribution in [0.1, 0.15) is 54.0 Å². The summed E-state index contributed by atoms with van der Waals surface area (Å²) in [6.07, 6.45) is -0.247. The number of aryl methyl sites for hydroxylation is 1. The Hall–Kier alpha value is -3.07. The number of carbonyl (C=O) groups is 1. The summed E-state index contributed by atoms with van der Waals surface area (Å²) in [7, 11) is 0. The van der Waals surface area contributed by atoms with Gasteiger partial charge < -0.3 is 5.32 Å². The SMILES string of the molecule is Cc1ccc([C@H]2Nc3ccccc3C(=O)N2c2ccc(C(C)(C)C)cc2)cc1. The van der Waals surface area contributed by atoms with Gasteiger partial charge in [-0.05, 0) is 47.7 Å². The van der Waals surface area contributed by atoms with Crippen LogP contribution in [-0.2, 0) is 5.41 Å². The van der Waals surface area contributed by atoms with Crippen molar-refractivity contribution < 1.29 is 4.79 Å². The van der Waals surface area contributed by atoms with Crippen molar-refractivity contribution in [3.63, 3.8) is 0 Å². The van der Waals surface area contributed by atoms with E-state index in [4.69, 9.17) is 0 Å². The van der Waals surface area contributed by atoms with Crippen LogP contribution in [0.4, 0.5) is 11.4 Å². The molecule has 4 rings (SSSR count). The van der Waals surface area contributed by atoms with Gasteiger partial charge in [-0.25, -0.2) is 0 Å². The molecule has 0 radical (unpaired) electrons. The lowest BCUT2D eigenvalue weighted by Crippen LogP contribution is -2.43. The molecule has 1 N–H and O–H groups in total. The first-order valence-corrected chi connectivity index (χ1v) is 9.71. The molecule has 0 spiro atoms. The highest BCUT2D eigenvalue weighted by Gasteiger charge is 2.34. The zero-order valence-electron chi connectivity index (χ0n) is 16.9. The van der Waals surface area contributed by atoms with Crippen molar-refractivity contribution in [2.75, 3.05) is 10.2 Å². The maximum absolute atomic E-state index is 13.4. The fraction of sp³-hybridized carbons (Fsp3) is 0.240. The number of hydrogen-bond acceptors (Lipinski definition) is 2. The topological polar surface area (TPSA) is 32.3 Å². The number of nitrogens with one attached hydrogen (secondary N) is 1. The van der Waals surface area contributed by atoms with E-state index >= 15 is 0 Å². The van der Waals surface area contributed by atoms with Gasteiger partial charge in [-0.15, -0.1) is 0 Å². The van der Waals surface area contributed by atoms with E-state index in [0.29, 0.717) is 5.56 Å². The van der Waals surface area contributed by atoms with Gasteiger partial charge in [0, 0.05) is 11.4 Å². The van der Waals surface area contributed by atoms with Gasteiger partial charge in [0.2, 0.25) is 0 Å². The first-order valence-electron chi connectivity index (χ1n) is 9.71. The van der Waals surface area contributed by atoms with E-state index in [1.165, 1.54) is 11.1 Å². The molecule has 0 aromatic heterocycles. The van der Waals surface area contributed by atoms with E-state index in [9.17, 15) is 4.79 Å². The number of carbonyl (C=O) groups excluding carboxylic acids is 1. The predicted molar refractivity (Wildman–Crippen MR) is 116 cm³/mol. The lowest BCUT2D eigenvalue weighted by Gasteiger charge is -2.38. The van der Waals surface area contributed by atoms with Crippen molar-refractivity contribution in [3.05, 3.63) is 95.1 Å². The van der Waals surface area contributed by atoms with Crippen LogP contribution in [0.3, 0.4) is 0 Å². The number of nitrogens with zero attached hydrogens (tertiary/aromatic N) is 1.